The quantitative estimate of drug-likeness (QED) is 0.866. The first-order chi connectivity index (χ1) is 9.38. The first-order valence-electron chi connectivity index (χ1n) is 6.80. The predicted molar refractivity (Wildman–Crippen MR) is 87.0 cm³/mol. The third-order valence-electron chi connectivity index (χ3n) is 3.48. The monoisotopic (exact) mass is 284 g/mol. The van der Waals surface area contributed by atoms with Crippen LogP contribution in [0.1, 0.15) is 43.7 Å². The largest absolute Gasteiger partial charge is 0.389 e. The average molecular weight is 284 g/mol. The summed E-state index contributed by atoms with van der Waals surface area (Å²) in [5.74, 6) is 0. The molecule has 1 heterocycles. The molecular weight excluding hydrogens is 264 g/mol. The van der Waals surface area contributed by atoms with Gasteiger partial charge in [0, 0.05) is 10.4 Å². The number of anilines is 1. The van der Waals surface area contributed by atoms with Crippen LogP contribution in [0.4, 0.5) is 5.00 Å². The van der Waals surface area contributed by atoms with Gasteiger partial charge in [0.05, 0.1) is 5.56 Å². The molecule has 0 fully saturated rings. The van der Waals surface area contributed by atoms with Crippen molar-refractivity contribution in [3.8, 4) is 17.2 Å². The Bertz CT molecular complexity index is 652. The van der Waals surface area contributed by atoms with Gasteiger partial charge >= 0.3 is 0 Å². The molecule has 1 aromatic heterocycles. The smallest absolute Gasteiger partial charge is 0.105 e. The van der Waals surface area contributed by atoms with Crippen LogP contribution in [0.5, 0.6) is 0 Å². The minimum Gasteiger partial charge on any atom is -0.389 e. The molecule has 0 amide bonds. The van der Waals surface area contributed by atoms with Crippen molar-refractivity contribution in [3.63, 3.8) is 0 Å². The highest BCUT2D eigenvalue weighted by Gasteiger charge is 2.18. The van der Waals surface area contributed by atoms with Gasteiger partial charge in [0.15, 0.2) is 0 Å². The Morgan fingerprint density at radius 1 is 1.20 bits per heavy atom. The fraction of sp³-hybridized carbons (Fsp3) is 0.353. The van der Waals surface area contributed by atoms with Crippen molar-refractivity contribution in [1.82, 2.24) is 0 Å². The van der Waals surface area contributed by atoms with Gasteiger partial charge in [-0.25, -0.2) is 0 Å². The third kappa shape index (κ3) is 2.57. The van der Waals surface area contributed by atoms with Crippen LogP contribution in [0.2, 0.25) is 0 Å². The van der Waals surface area contributed by atoms with Gasteiger partial charge in [0.1, 0.15) is 11.1 Å². The normalized spacial score (nSPS) is 11.3. The number of hydrogen-bond donors (Lipinski definition) is 1. The highest BCUT2D eigenvalue weighted by molar-refractivity contribution is 7.16. The van der Waals surface area contributed by atoms with Crippen LogP contribution in [0.15, 0.2) is 24.3 Å². The molecule has 1 aromatic carbocycles. The van der Waals surface area contributed by atoms with E-state index in [1.165, 1.54) is 21.8 Å². The molecule has 0 radical (unpaired) electrons. The van der Waals surface area contributed by atoms with Gasteiger partial charge in [-0.05, 0) is 23.0 Å². The molecule has 2 nitrogen and oxygen atoms in total. The van der Waals surface area contributed by atoms with Gasteiger partial charge in [-0.1, -0.05) is 52.0 Å². The van der Waals surface area contributed by atoms with Gasteiger partial charge < -0.3 is 5.73 Å². The third-order valence-corrected chi connectivity index (χ3v) is 4.64. The molecule has 3 heteroatoms. The molecule has 0 bridgehead atoms. The Hall–Kier alpha value is -1.79. The van der Waals surface area contributed by atoms with E-state index in [0.717, 1.165) is 17.5 Å². The summed E-state index contributed by atoms with van der Waals surface area (Å²) in [4.78, 5) is 1.18. The summed E-state index contributed by atoms with van der Waals surface area (Å²) in [6.07, 6.45) is 0.896. The molecular formula is C17H20N2S. The highest BCUT2D eigenvalue weighted by Crippen LogP contribution is 2.39. The summed E-state index contributed by atoms with van der Waals surface area (Å²) in [6.45, 7) is 8.69. The molecule has 0 aliphatic carbocycles. The van der Waals surface area contributed by atoms with Crippen molar-refractivity contribution in [1.29, 1.82) is 5.26 Å². The van der Waals surface area contributed by atoms with Crippen molar-refractivity contribution in [2.75, 3.05) is 5.73 Å². The number of hydrogen-bond acceptors (Lipinski definition) is 3. The Morgan fingerprint density at radius 3 is 2.25 bits per heavy atom. The molecule has 0 unspecified atom stereocenters. The van der Waals surface area contributed by atoms with Crippen LogP contribution in [-0.4, -0.2) is 0 Å². The number of nitriles is 1. The Morgan fingerprint density at radius 2 is 1.80 bits per heavy atom. The minimum atomic E-state index is 0.137. The fourth-order valence-corrected chi connectivity index (χ4v) is 3.28. The minimum absolute atomic E-state index is 0.137. The first-order valence-corrected chi connectivity index (χ1v) is 7.62. The Kier molecular flexibility index (Phi) is 3.87. The van der Waals surface area contributed by atoms with Crippen molar-refractivity contribution < 1.29 is 0 Å². The summed E-state index contributed by atoms with van der Waals surface area (Å²) in [7, 11) is 0. The van der Waals surface area contributed by atoms with Crippen molar-refractivity contribution in [3.05, 3.63) is 40.3 Å². The molecule has 20 heavy (non-hydrogen) atoms. The highest BCUT2D eigenvalue weighted by atomic mass is 32.1. The second-order valence-electron chi connectivity index (χ2n) is 5.93. The second-order valence-corrected chi connectivity index (χ2v) is 7.07. The molecule has 0 saturated heterocycles. The number of nitrogen functional groups attached to an aromatic ring is 1. The number of benzene rings is 1. The number of nitrogens with zero attached hydrogens (tertiary/aromatic N) is 1. The van der Waals surface area contributed by atoms with E-state index in [-0.39, 0.29) is 5.41 Å². The number of thiophene rings is 1. The van der Waals surface area contributed by atoms with E-state index in [0.29, 0.717) is 10.6 Å². The van der Waals surface area contributed by atoms with E-state index < -0.39 is 0 Å². The van der Waals surface area contributed by atoms with E-state index in [1.807, 2.05) is 0 Å². The van der Waals surface area contributed by atoms with Gasteiger partial charge in [-0.2, -0.15) is 5.26 Å². The fourth-order valence-electron chi connectivity index (χ4n) is 2.30. The van der Waals surface area contributed by atoms with Crippen LogP contribution in [-0.2, 0) is 11.8 Å². The first kappa shape index (κ1) is 14.6. The van der Waals surface area contributed by atoms with E-state index in [1.54, 1.807) is 0 Å². The van der Waals surface area contributed by atoms with Crippen molar-refractivity contribution >= 4 is 16.3 Å². The SMILES string of the molecule is CCc1sc(N)c(C#N)c1-c1ccc(C(C)(C)C)cc1. The zero-order chi connectivity index (χ0) is 14.9. The molecule has 104 valence electrons. The summed E-state index contributed by atoms with van der Waals surface area (Å²) < 4.78 is 0. The molecule has 0 atom stereocenters. The molecule has 0 saturated carbocycles. The van der Waals surface area contributed by atoms with E-state index >= 15 is 0 Å². The molecule has 2 rings (SSSR count). The van der Waals surface area contributed by atoms with Gasteiger partial charge in [-0.15, -0.1) is 11.3 Å². The summed E-state index contributed by atoms with van der Waals surface area (Å²) >= 11 is 1.53. The van der Waals surface area contributed by atoms with E-state index in [9.17, 15) is 5.26 Å². The maximum Gasteiger partial charge on any atom is 0.105 e. The van der Waals surface area contributed by atoms with Crippen LogP contribution >= 0.6 is 11.3 Å². The lowest BCUT2D eigenvalue weighted by Gasteiger charge is -2.19. The molecule has 2 N–H and O–H groups in total. The summed E-state index contributed by atoms with van der Waals surface area (Å²) in [6, 6.07) is 10.7. The summed E-state index contributed by atoms with van der Waals surface area (Å²) in [5, 5.41) is 9.95. The van der Waals surface area contributed by atoms with Crippen molar-refractivity contribution in [2.24, 2.45) is 0 Å². The molecule has 0 spiro atoms. The zero-order valence-corrected chi connectivity index (χ0v) is 13.3. The number of aryl methyl sites for hydroxylation is 1. The number of nitrogens with two attached hydrogens (primary N) is 1. The van der Waals surface area contributed by atoms with Gasteiger partial charge in [0.2, 0.25) is 0 Å². The molecule has 0 aliphatic rings. The second kappa shape index (κ2) is 5.30. The molecule has 0 aliphatic heterocycles. The van der Waals surface area contributed by atoms with Crippen LogP contribution in [0.3, 0.4) is 0 Å². The average Bonchev–Trinajstić information content (AvgIpc) is 2.73. The van der Waals surface area contributed by atoms with Crippen LogP contribution < -0.4 is 5.73 Å². The van der Waals surface area contributed by atoms with Crippen LogP contribution in [0, 0.1) is 11.3 Å². The predicted octanol–water partition coefficient (Wildman–Crippen LogP) is 4.73. The van der Waals surface area contributed by atoms with Crippen molar-refractivity contribution in [2.45, 2.75) is 39.5 Å². The standard InChI is InChI=1S/C17H20N2S/c1-5-14-15(13(10-18)16(19)20-14)11-6-8-12(9-7-11)17(2,3)4/h6-9H,5,19H2,1-4H3. The lowest BCUT2D eigenvalue weighted by atomic mass is 9.86. The Labute approximate surface area is 124 Å². The Balaban J connectivity index is 2.55. The zero-order valence-electron chi connectivity index (χ0n) is 12.4. The van der Waals surface area contributed by atoms with E-state index in [2.05, 4.69) is 58.0 Å². The summed E-state index contributed by atoms with van der Waals surface area (Å²) in [5.41, 5.74) is 10.1. The lowest BCUT2D eigenvalue weighted by molar-refractivity contribution is 0.590. The van der Waals surface area contributed by atoms with Gasteiger partial charge in [-0.3, -0.25) is 0 Å². The molecule has 2 aromatic rings. The van der Waals surface area contributed by atoms with E-state index in [4.69, 9.17) is 5.73 Å². The van der Waals surface area contributed by atoms with Crippen LogP contribution in [0.25, 0.3) is 11.1 Å². The number of rotatable bonds is 2. The topological polar surface area (TPSA) is 49.8 Å². The lowest BCUT2D eigenvalue weighted by Crippen LogP contribution is -2.10. The van der Waals surface area contributed by atoms with Gasteiger partial charge in [0.25, 0.3) is 0 Å². The maximum atomic E-state index is 9.33. The maximum absolute atomic E-state index is 9.33.